The topological polar surface area (TPSA) is 228 Å². The second kappa shape index (κ2) is 22.5. The maximum absolute atomic E-state index is 13.6. The summed E-state index contributed by atoms with van der Waals surface area (Å²) < 4.78 is 10.1. The standard InChI is InChI=1S/C50H36Cl4N6O12S/c51-31-9-11-33(35(53)27-31)43-29(7-15-41(61)55-17-21-57(22-18-55)49(65)47(63)37-3-1-25-71-37)5-13-39(45(43)59(67)68)73-40-14-6-30(44(46(40)60(69)70)34-12-10-32(52)28-36(34)54)8-16-42(62)56-19-23-58(24-20-56)50(66)48(64)38-4-2-26-72-38/h1-16,25-28H,17-24H2. The van der Waals surface area contributed by atoms with Crippen molar-refractivity contribution in [3.05, 3.63) is 173 Å². The molecule has 0 saturated carbocycles. The highest BCUT2D eigenvalue weighted by molar-refractivity contribution is 7.99. The van der Waals surface area contributed by atoms with Crippen molar-refractivity contribution in [2.24, 2.45) is 0 Å². The number of nitro groups is 2. The predicted octanol–water partition coefficient (Wildman–Crippen LogP) is 9.92. The Morgan fingerprint density at radius 3 is 1.22 bits per heavy atom. The van der Waals surface area contributed by atoms with E-state index >= 15 is 0 Å². The van der Waals surface area contributed by atoms with Crippen LogP contribution in [0.5, 0.6) is 0 Å². The van der Waals surface area contributed by atoms with Crippen LogP contribution in [0.1, 0.15) is 32.2 Å². The average molecular weight is 1090 g/mol. The van der Waals surface area contributed by atoms with E-state index in [1.807, 2.05) is 0 Å². The average Bonchev–Trinajstić information content (AvgIpc) is 4.13. The molecule has 0 radical (unpaired) electrons. The van der Waals surface area contributed by atoms with Crippen molar-refractivity contribution in [3.63, 3.8) is 0 Å². The largest absolute Gasteiger partial charge is 0.461 e. The molecule has 0 aliphatic carbocycles. The molecule has 372 valence electrons. The Hall–Kier alpha value is -7.55. The second-order valence-electron chi connectivity index (χ2n) is 16.1. The molecule has 23 heteroatoms. The van der Waals surface area contributed by atoms with Crippen molar-refractivity contribution in [1.29, 1.82) is 0 Å². The van der Waals surface area contributed by atoms with Crippen molar-refractivity contribution < 1.29 is 47.4 Å². The SMILES string of the molecule is O=C(C(=O)N1CCN(C(=O)C=Cc2ccc(Sc3ccc(C=CC(=O)N4CCN(C(=O)C(=O)c5ccco5)CC4)c(-c4ccc(Cl)cc4Cl)c3[N+](=O)[O-])c([N+](=O)[O-])c2-c2ccc(Cl)cc2Cl)CC1)c1ccco1. The van der Waals surface area contributed by atoms with Crippen LogP contribution in [0.4, 0.5) is 11.4 Å². The molecule has 0 unspecified atom stereocenters. The molecule has 6 aromatic rings. The third-order valence-corrected chi connectivity index (χ3v) is 14.0. The van der Waals surface area contributed by atoms with Gasteiger partial charge < -0.3 is 28.4 Å². The van der Waals surface area contributed by atoms with Crippen LogP contribution in [-0.2, 0) is 19.2 Å². The van der Waals surface area contributed by atoms with Gasteiger partial charge in [-0.3, -0.25) is 49.0 Å². The summed E-state index contributed by atoms with van der Waals surface area (Å²) in [6, 6.07) is 20.1. The van der Waals surface area contributed by atoms with E-state index in [1.54, 1.807) is 0 Å². The lowest BCUT2D eigenvalue weighted by Gasteiger charge is -2.33. The quantitative estimate of drug-likeness (QED) is 0.0326. The van der Waals surface area contributed by atoms with Crippen molar-refractivity contribution in [2.45, 2.75) is 9.79 Å². The molecule has 0 atom stereocenters. The maximum Gasteiger partial charge on any atom is 0.298 e. The molecule has 2 saturated heterocycles. The number of nitro benzene ring substituents is 2. The van der Waals surface area contributed by atoms with E-state index in [-0.39, 0.29) is 127 Å². The van der Waals surface area contributed by atoms with Gasteiger partial charge >= 0.3 is 0 Å². The molecule has 18 nitrogen and oxygen atoms in total. The molecular formula is C50H36Cl4N6O12S. The first-order valence-electron chi connectivity index (χ1n) is 21.9. The van der Waals surface area contributed by atoms with Gasteiger partial charge in [0.15, 0.2) is 11.5 Å². The Morgan fingerprint density at radius 1 is 0.521 bits per heavy atom. The first-order valence-corrected chi connectivity index (χ1v) is 24.2. The van der Waals surface area contributed by atoms with Crippen molar-refractivity contribution in [3.8, 4) is 22.3 Å². The molecule has 0 bridgehead atoms. The fourth-order valence-electron chi connectivity index (χ4n) is 8.16. The summed E-state index contributed by atoms with van der Waals surface area (Å²) in [6.45, 7) is 0.555. The molecule has 2 fully saturated rings. The molecule has 0 spiro atoms. The van der Waals surface area contributed by atoms with Crippen LogP contribution in [0, 0.1) is 20.2 Å². The molecule has 2 aromatic heterocycles. The lowest BCUT2D eigenvalue weighted by molar-refractivity contribution is -0.387. The summed E-state index contributed by atoms with van der Waals surface area (Å²) >= 11 is 26.6. The first kappa shape index (κ1) is 51.8. The zero-order chi connectivity index (χ0) is 52.1. The number of hydrogen-bond acceptors (Lipinski definition) is 13. The van der Waals surface area contributed by atoms with Crippen LogP contribution in [0.15, 0.2) is 128 Å². The monoisotopic (exact) mass is 1080 g/mol. The summed E-state index contributed by atoms with van der Waals surface area (Å²) in [4.78, 5) is 109. The Bertz CT molecular complexity index is 3060. The van der Waals surface area contributed by atoms with Crippen LogP contribution in [-0.4, -0.2) is 117 Å². The first-order chi connectivity index (χ1) is 35.0. The zero-order valence-corrected chi connectivity index (χ0v) is 41.5. The summed E-state index contributed by atoms with van der Waals surface area (Å²) in [7, 11) is 0. The van der Waals surface area contributed by atoms with E-state index in [0.29, 0.717) is 11.8 Å². The number of furan rings is 2. The molecule has 4 heterocycles. The highest BCUT2D eigenvalue weighted by atomic mass is 35.5. The number of piperazine rings is 2. The number of carbonyl (C=O) groups is 6. The van der Waals surface area contributed by atoms with E-state index in [0.717, 1.165) is 0 Å². The Balaban J connectivity index is 1.10. The second-order valence-corrected chi connectivity index (χ2v) is 18.9. The van der Waals surface area contributed by atoms with Gasteiger partial charge in [-0.25, -0.2) is 0 Å². The van der Waals surface area contributed by atoms with E-state index in [1.165, 1.54) is 141 Å². The van der Waals surface area contributed by atoms with Crippen molar-refractivity contribution in [2.75, 3.05) is 52.4 Å². The molecule has 8 rings (SSSR count). The smallest absolute Gasteiger partial charge is 0.298 e. The van der Waals surface area contributed by atoms with Gasteiger partial charge in [-0.1, -0.05) is 82.4 Å². The van der Waals surface area contributed by atoms with Crippen LogP contribution < -0.4 is 0 Å². The Kier molecular flexibility index (Phi) is 15.9. The number of Topliss-reactive ketones (excluding diaryl/α,β-unsaturated/α-hetero) is 2. The minimum atomic E-state index is -0.817. The van der Waals surface area contributed by atoms with E-state index in [2.05, 4.69) is 0 Å². The van der Waals surface area contributed by atoms with E-state index < -0.39 is 56.4 Å². The van der Waals surface area contributed by atoms with Gasteiger partial charge in [0, 0.05) is 85.7 Å². The number of amides is 4. The van der Waals surface area contributed by atoms with Crippen molar-refractivity contribution >= 4 is 117 Å². The Labute approximate surface area is 438 Å². The summed E-state index contributed by atoms with van der Waals surface area (Å²) in [5.41, 5.74) is -0.440. The predicted molar refractivity (Wildman–Crippen MR) is 272 cm³/mol. The van der Waals surface area contributed by atoms with Gasteiger partial charge in [-0.2, -0.15) is 0 Å². The van der Waals surface area contributed by atoms with Crippen molar-refractivity contribution in [1.82, 2.24) is 19.6 Å². The summed E-state index contributed by atoms with van der Waals surface area (Å²) in [5, 5.41) is 27.1. The fraction of sp³-hybridized carbons (Fsp3) is 0.160. The maximum atomic E-state index is 13.6. The Morgan fingerprint density at radius 2 is 0.890 bits per heavy atom. The van der Waals surface area contributed by atoms with Gasteiger partial charge in [0.25, 0.3) is 34.8 Å². The number of rotatable bonds is 14. The minimum absolute atomic E-state index is 0.0236. The molecule has 4 aromatic carbocycles. The molecular weight excluding hydrogens is 1050 g/mol. The lowest BCUT2D eigenvalue weighted by atomic mass is 9.97. The number of halogens is 4. The van der Waals surface area contributed by atoms with Crippen LogP contribution in [0.3, 0.4) is 0 Å². The number of hydrogen-bond donors (Lipinski definition) is 0. The fourth-order valence-corrected chi connectivity index (χ4v) is 10.2. The number of ketones is 2. The molecule has 4 amide bonds. The number of nitrogens with zero attached hydrogens (tertiary/aromatic N) is 6. The highest BCUT2D eigenvalue weighted by Gasteiger charge is 2.34. The molecule has 73 heavy (non-hydrogen) atoms. The number of carbonyl (C=O) groups excluding carboxylic acids is 6. The van der Waals surface area contributed by atoms with Gasteiger partial charge in [-0.15, -0.1) is 0 Å². The molecule has 0 N–H and O–H groups in total. The van der Waals surface area contributed by atoms with Crippen LogP contribution in [0.25, 0.3) is 34.4 Å². The lowest BCUT2D eigenvalue weighted by Crippen LogP contribution is -2.51. The van der Waals surface area contributed by atoms with E-state index in [4.69, 9.17) is 55.2 Å². The zero-order valence-electron chi connectivity index (χ0n) is 37.7. The third kappa shape index (κ3) is 11.4. The van der Waals surface area contributed by atoms with Gasteiger partial charge in [0.05, 0.1) is 53.3 Å². The van der Waals surface area contributed by atoms with Crippen LogP contribution in [0.2, 0.25) is 20.1 Å². The molecule has 2 aliphatic rings. The number of benzene rings is 4. The van der Waals surface area contributed by atoms with Gasteiger partial charge in [0.1, 0.15) is 0 Å². The molecule has 2 aliphatic heterocycles. The summed E-state index contributed by atoms with van der Waals surface area (Å²) in [6.07, 6.45) is 7.72. The third-order valence-electron chi connectivity index (χ3n) is 11.8. The van der Waals surface area contributed by atoms with Gasteiger partial charge in [0.2, 0.25) is 11.8 Å². The normalized spacial score (nSPS) is 14.0. The van der Waals surface area contributed by atoms with Crippen LogP contribution >= 0.6 is 58.2 Å². The highest BCUT2D eigenvalue weighted by Crippen LogP contribution is 2.50. The summed E-state index contributed by atoms with van der Waals surface area (Å²) in [5.74, 6) is -4.38. The minimum Gasteiger partial charge on any atom is -0.461 e. The van der Waals surface area contributed by atoms with Gasteiger partial charge in [-0.05, 0) is 83.9 Å². The van der Waals surface area contributed by atoms with E-state index in [9.17, 15) is 49.0 Å².